The lowest BCUT2D eigenvalue weighted by Crippen LogP contribution is -2.51. The van der Waals surface area contributed by atoms with Gasteiger partial charge in [0.05, 0.1) is 5.41 Å². The Morgan fingerprint density at radius 1 is 0.821 bits per heavy atom. The van der Waals surface area contributed by atoms with Gasteiger partial charge in [-0.2, -0.15) is 0 Å². The van der Waals surface area contributed by atoms with Crippen molar-refractivity contribution in [3.05, 3.63) is 71.8 Å². The van der Waals surface area contributed by atoms with Crippen LogP contribution in [0.25, 0.3) is 0 Å². The van der Waals surface area contributed by atoms with Gasteiger partial charge in [-0.3, -0.25) is 0 Å². The highest BCUT2D eigenvalue weighted by Gasteiger charge is 2.51. The first-order valence-electron chi connectivity index (χ1n) is 11.0. The lowest BCUT2D eigenvalue weighted by Gasteiger charge is -2.49. The third-order valence-electron chi connectivity index (χ3n) is 6.71. The molecule has 28 heavy (non-hydrogen) atoms. The number of hydrogen-bond acceptors (Lipinski definition) is 2. The average molecular weight is 381 g/mol. The van der Waals surface area contributed by atoms with E-state index in [0.29, 0.717) is 11.8 Å². The quantitative estimate of drug-likeness (QED) is 0.457. The second kappa shape index (κ2) is 10.2. The summed E-state index contributed by atoms with van der Waals surface area (Å²) < 4.78 is 12.1. The highest BCUT2D eigenvalue weighted by atomic mass is 16.7. The third kappa shape index (κ3) is 4.04. The molecule has 0 aromatic heterocycles. The van der Waals surface area contributed by atoms with E-state index in [9.17, 15) is 0 Å². The molecule has 2 aromatic rings. The van der Waals surface area contributed by atoms with Gasteiger partial charge in [0.15, 0.2) is 6.29 Å². The predicted molar refractivity (Wildman–Crippen MR) is 116 cm³/mol. The molecule has 3 rings (SSSR count). The standard InChI is InChI=1S/C26H36O2/c1-4-14-24(21-15-8-5-9-16-21)26(25(27-2)28-3,22-17-10-6-11-18-22)23-19-12-7-13-20-23/h6-7,10-13,17-21,24-25H,4-5,8-9,14-16H2,1-3H3. The Hall–Kier alpha value is -1.64. The molecule has 0 bridgehead atoms. The van der Waals surface area contributed by atoms with Crippen molar-refractivity contribution in [3.8, 4) is 0 Å². The molecule has 2 aromatic carbocycles. The number of ether oxygens (including phenoxy) is 2. The molecule has 0 aliphatic heterocycles. The van der Waals surface area contributed by atoms with Crippen LogP contribution in [0.15, 0.2) is 60.7 Å². The van der Waals surface area contributed by atoms with Gasteiger partial charge in [0.25, 0.3) is 0 Å². The fourth-order valence-electron chi connectivity index (χ4n) is 5.62. The van der Waals surface area contributed by atoms with E-state index >= 15 is 0 Å². The summed E-state index contributed by atoms with van der Waals surface area (Å²) in [6, 6.07) is 21.9. The summed E-state index contributed by atoms with van der Waals surface area (Å²) in [7, 11) is 3.58. The van der Waals surface area contributed by atoms with Crippen LogP contribution < -0.4 is 0 Å². The largest absolute Gasteiger partial charge is 0.355 e. The van der Waals surface area contributed by atoms with Crippen LogP contribution >= 0.6 is 0 Å². The lowest BCUT2D eigenvalue weighted by atomic mass is 9.57. The van der Waals surface area contributed by atoms with Crippen LogP contribution in [0.1, 0.15) is 63.0 Å². The van der Waals surface area contributed by atoms with Crippen molar-refractivity contribution in [2.75, 3.05) is 14.2 Å². The maximum absolute atomic E-state index is 6.07. The molecule has 0 saturated heterocycles. The number of rotatable bonds is 9. The first-order valence-corrected chi connectivity index (χ1v) is 11.0. The summed E-state index contributed by atoms with van der Waals surface area (Å²) in [6.45, 7) is 2.31. The summed E-state index contributed by atoms with van der Waals surface area (Å²) >= 11 is 0. The minimum absolute atomic E-state index is 0.315. The van der Waals surface area contributed by atoms with E-state index in [4.69, 9.17) is 9.47 Å². The van der Waals surface area contributed by atoms with Crippen LogP contribution in [-0.4, -0.2) is 20.5 Å². The zero-order valence-electron chi connectivity index (χ0n) is 17.8. The van der Waals surface area contributed by atoms with E-state index in [1.54, 1.807) is 14.2 Å². The summed E-state index contributed by atoms with van der Waals surface area (Å²) in [5.74, 6) is 1.18. The van der Waals surface area contributed by atoms with Crippen molar-refractivity contribution in [1.29, 1.82) is 0 Å². The Morgan fingerprint density at radius 3 is 1.75 bits per heavy atom. The molecule has 1 aliphatic carbocycles. The second-order valence-electron chi connectivity index (χ2n) is 8.20. The van der Waals surface area contributed by atoms with Gasteiger partial charge >= 0.3 is 0 Å². The Labute approximate surface area is 171 Å². The van der Waals surface area contributed by atoms with Gasteiger partial charge in [-0.15, -0.1) is 0 Å². The van der Waals surface area contributed by atoms with Gasteiger partial charge in [0.1, 0.15) is 0 Å². The van der Waals surface area contributed by atoms with Crippen molar-refractivity contribution in [3.63, 3.8) is 0 Å². The van der Waals surface area contributed by atoms with Gasteiger partial charge < -0.3 is 9.47 Å². The highest BCUT2D eigenvalue weighted by Crippen LogP contribution is 2.51. The minimum Gasteiger partial charge on any atom is -0.355 e. The van der Waals surface area contributed by atoms with Crippen LogP contribution in [0.3, 0.4) is 0 Å². The van der Waals surface area contributed by atoms with Crippen LogP contribution in [-0.2, 0) is 14.9 Å². The van der Waals surface area contributed by atoms with Gasteiger partial charge in [-0.1, -0.05) is 106 Å². The van der Waals surface area contributed by atoms with E-state index in [1.165, 1.54) is 56.1 Å². The first kappa shape index (κ1) is 21.1. The second-order valence-corrected chi connectivity index (χ2v) is 8.20. The molecule has 1 fully saturated rings. The normalized spacial score (nSPS) is 17.0. The van der Waals surface area contributed by atoms with Gasteiger partial charge in [-0.25, -0.2) is 0 Å². The molecule has 0 heterocycles. The summed E-state index contributed by atoms with van der Waals surface area (Å²) in [4.78, 5) is 0. The Balaban J connectivity index is 2.26. The lowest BCUT2D eigenvalue weighted by molar-refractivity contribution is -0.160. The molecule has 1 aliphatic rings. The van der Waals surface area contributed by atoms with E-state index in [0.717, 1.165) is 0 Å². The molecule has 1 atom stereocenters. The maximum Gasteiger partial charge on any atom is 0.170 e. The summed E-state index contributed by atoms with van der Waals surface area (Å²) in [5.41, 5.74) is 2.29. The molecule has 1 saturated carbocycles. The topological polar surface area (TPSA) is 18.5 Å². The Bertz CT molecular complexity index is 633. The fraction of sp³-hybridized carbons (Fsp3) is 0.538. The number of benzene rings is 2. The number of methoxy groups -OCH3 is 2. The van der Waals surface area contributed by atoms with Crippen LogP contribution in [0, 0.1) is 11.8 Å². The molecule has 2 nitrogen and oxygen atoms in total. The monoisotopic (exact) mass is 380 g/mol. The first-order chi connectivity index (χ1) is 13.8. The number of hydrogen-bond donors (Lipinski definition) is 0. The van der Waals surface area contributed by atoms with Crippen LogP contribution in [0.5, 0.6) is 0 Å². The molecule has 0 radical (unpaired) electrons. The molecule has 152 valence electrons. The molecular weight excluding hydrogens is 344 g/mol. The van der Waals surface area contributed by atoms with E-state index < -0.39 is 0 Å². The van der Waals surface area contributed by atoms with Gasteiger partial charge in [0.2, 0.25) is 0 Å². The predicted octanol–water partition coefficient (Wildman–Crippen LogP) is 6.59. The summed E-state index contributed by atoms with van der Waals surface area (Å²) in [5, 5.41) is 0. The van der Waals surface area contributed by atoms with E-state index in [-0.39, 0.29) is 11.7 Å². The van der Waals surface area contributed by atoms with E-state index in [1.807, 2.05) is 0 Å². The highest BCUT2D eigenvalue weighted by molar-refractivity contribution is 5.42. The average Bonchev–Trinajstić information content (AvgIpc) is 2.78. The van der Waals surface area contributed by atoms with Crippen LogP contribution in [0.2, 0.25) is 0 Å². The zero-order chi connectivity index (χ0) is 19.8. The minimum atomic E-state index is -0.323. The fourth-order valence-corrected chi connectivity index (χ4v) is 5.62. The van der Waals surface area contributed by atoms with Crippen molar-refractivity contribution in [2.45, 2.75) is 63.6 Å². The molecule has 0 N–H and O–H groups in total. The Kier molecular flexibility index (Phi) is 7.70. The van der Waals surface area contributed by atoms with Gasteiger partial charge in [0, 0.05) is 14.2 Å². The summed E-state index contributed by atoms with van der Waals surface area (Å²) in [6.07, 6.45) is 8.70. The zero-order valence-corrected chi connectivity index (χ0v) is 17.8. The third-order valence-corrected chi connectivity index (χ3v) is 6.71. The molecule has 0 spiro atoms. The molecule has 0 amide bonds. The van der Waals surface area contributed by atoms with Crippen molar-refractivity contribution >= 4 is 0 Å². The molecular formula is C26H36O2. The molecule has 2 heteroatoms. The smallest absolute Gasteiger partial charge is 0.170 e. The van der Waals surface area contributed by atoms with Crippen molar-refractivity contribution < 1.29 is 9.47 Å². The van der Waals surface area contributed by atoms with E-state index in [2.05, 4.69) is 67.6 Å². The maximum atomic E-state index is 6.07. The molecule has 1 unspecified atom stereocenters. The van der Waals surface area contributed by atoms with Gasteiger partial charge in [-0.05, 0) is 29.4 Å². The van der Waals surface area contributed by atoms with Crippen molar-refractivity contribution in [1.82, 2.24) is 0 Å². The van der Waals surface area contributed by atoms with Crippen LogP contribution in [0.4, 0.5) is 0 Å². The Morgan fingerprint density at radius 2 is 1.32 bits per heavy atom. The SMILES string of the molecule is CCCC(C1CCCCC1)C(c1ccccc1)(c1ccccc1)C(OC)OC. The van der Waals surface area contributed by atoms with Crippen molar-refractivity contribution in [2.24, 2.45) is 11.8 Å².